The lowest BCUT2D eigenvalue weighted by Crippen LogP contribution is -2.27. The highest BCUT2D eigenvalue weighted by Crippen LogP contribution is 2.25. The summed E-state index contributed by atoms with van der Waals surface area (Å²) in [5, 5.41) is 11.1. The van der Waals surface area contributed by atoms with Crippen LogP contribution in [-0.4, -0.2) is 18.5 Å². The summed E-state index contributed by atoms with van der Waals surface area (Å²) in [7, 11) is -3.95. The van der Waals surface area contributed by atoms with E-state index in [1.165, 1.54) is 11.3 Å². The molecule has 1 aromatic heterocycles. The molecule has 1 unspecified atom stereocenters. The number of aliphatic hydroxyl groups excluding tert-OH is 1. The fraction of sp³-hybridized carbons (Fsp3) is 0.250. The first-order chi connectivity index (χ1) is 9.85. The monoisotopic (exact) mass is 350 g/mol. The Labute approximate surface area is 130 Å². The van der Waals surface area contributed by atoms with Crippen molar-refractivity contribution in [1.82, 2.24) is 9.71 Å². The van der Waals surface area contributed by atoms with Gasteiger partial charge in [-0.1, -0.05) is 11.6 Å². The van der Waals surface area contributed by atoms with Gasteiger partial charge in [0.15, 0.2) is 0 Å². The average Bonchev–Trinajstić information content (AvgIpc) is 2.95. The van der Waals surface area contributed by atoms with Crippen LogP contribution in [0.4, 0.5) is 4.39 Å². The zero-order chi connectivity index (χ0) is 15.6. The third-order valence-electron chi connectivity index (χ3n) is 2.71. The smallest absolute Gasteiger partial charge is 0.241 e. The van der Waals surface area contributed by atoms with Crippen molar-refractivity contribution in [2.45, 2.75) is 24.5 Å². The van der Waals surface area contributed by atoms with Crippen molar-refractivity contribution < 1.29 is 17.9 Å². The van der Waals surface area contributed by atoms with Crippen molar-refractivity contribution in [2.75, 3.05) is 0 Å². The van der Waals surface area contributed by atoms with Crippen LogP contribution < -0.4 is 4.72 Å². The van der Waals surface area contributed by atoms with E-state index in [2.05, 4.69) is 9.71 Å². The molecule has 114 valence electrons. The number of aromatic nitrogens is 1. The molecule has 2 aromatic rings. The van der Waals surface area contributed by atoms with Crippen molar-refractivity contribution in [2.24, 2.45) is 0 Å². The van der Waals surface area contributed by atoms with Crippen LogP contribution in [0.15, 0.2) is 28.6 Å². The zero-order valence-electron chi connectivity index (χ0n) is 10.9. The Morgan fingerprint density at radius 3 is 2.81 bits per heavy atom. The number of nitrogens with zero attached hydrogens (tertiary/aromatic N) is 1. The molecular formula is C12H12ClFN2O3S2. The number of sulfonamides is 1. The maximum Gasteiger partial charge on any atom is 0.241 e. The minimum Gasteiger partial charge on any atom is -0.392 e. The van der Waals surface area contributed by atoms with Gasteiger partial charge in [-0.15, -0.1) is 11.3 Å². The molecule has 5 nitrogen and oxygen atoms in total. The Balaban J connectivity index is 2.34. The molecule has 0 aliphatic heterocycles. The fourth-order valence-electron chi connectivity index (χ4n) is 1.69. The van der Waals surface area contributed by atoms with Gasteiger partial charge in [0, 0.05) is 17.1 Å². The molecule has 0 saturated heterocycles. The summed E-state index contributed by atoms with van der Waals surface area (Å²) >= 11 is 6.95. The average molecular weight is 351 g/mol. The van der Waals surface area contributed by atoms with E-state index in [0.717, 1.165) is 12.1 Å². The molecule has 0 spiro atoms. The minimum atomic E-state index is -3.95. The molecular weight excluding hydrogens is 339 g/mol. The molecule has 0 bridgehead atoms. The minimum absolute atomic E-state index is 0.0129. The predicted molar refractivity (Wildman–Crippen MR) is 78.2 cm³/mol. The van der Waals surface area contributed by atoms with Crippen LogP contribution in [0.3, 0.4) is 0 Å². The number of aliphatic hydroxyl groups is 1. The zero-order valence-corrected chi connectivity index (χ0v) is 13.3. The molecule has 21 heavy (non-hydrogen) atoms. The summed E-state index contributed by atoms with van der Waals surface area (Å²) in [6.45, 7) is 1.08. The van der Waals surface area contributed by atoms with Crippen molar-refractivity contribution >= 4 is 33.0 Å². The summed E-state index contributed by atoms with van der Waals surface area (Å²) in [4.78, 5) is 3.72. The lowest BCUT2D eigenvalue weighted by atomic mass is 10.2. The molecule has 9 heteroatoms. The highest BCUT2D eigenvalue weighted by molar-refractivity contribution is 7.89. The van der Waals surface area contributed by atoms with Crippen molar-refractivity contribution in [1.29, 1.82) is 0 Å². The normalized spacial score (nSPS) is 13.3. The van der Waals surface area contributed by atoms with Gasteiger partial charge in [0.1, 0.15) is 10.8 Å². The first-order valence-corrected chi connectivity index (χ1v) is 8.59. The van der Waals surface area contributed by atoms with Gasteiger partial charge in [-0.2, -0.15) is 0 Å². The van der Waals surface area contributed by atoms with Gasteiger partial charge in [-0.25, -0.2) is 22.5 Å². The van der Waals surface area contributed by atoms with E-state index in [4.69, 9.17) is 16.7 Å². The largest absolute Gasteiger partial charge is 0.392 e. The summed E-state index contributed by atoms with van der Waals surface area (Å²) in [5.41, 5.74) is 0.0129. The number of rotatable bonds is 5. The molecule has 0 amide bonds. The number of benzene rings is 1. The molecule has 0 aliphatic rings. The van der Waals surface area contributed by atoms with E-state index in [1.807, 2.05) is 0 Å². The first kappa shape index (κ1) is 16.3. The molecule has 2 N–H and O–H groups in total. The third kappa shape index (κ3) is 3.58. The summed E-state index contributed by atoms with van der Waals surface area (Å²) in [6, 6.07) is 1.41. The van der Waals surface area contributed by atoms with Crippen LogP contribution in [-0.2, 0) is 16.6 Å². The predicted octanol–water partition coefficient (Wildman–Crippen LogP) is 2.47. The summed E-state index contributed by atoms with van der Waals surface area (Å²) in [5.74, 6) is -0.898. The molecule has 0 saturated carbocycles. The fourth-order valence-corrected chi connectivity index (χ4v) is 3.85. The van der Waals surface area contributed by atoms with E-state index in [-0.39, 0.29) is 15.5 Å². The van der Waals surface area contributed by atoms with Gasteiger partial charge in [0.05, 0.1) is 22.6 Å². The topological polar surface area (TPSA) is 79.3 Å². The van der Waals surface area contributed by atoms with Crippen LogP contribution in [0.2, 0.25) is 5.02 Å². The molecule has 1 atom stereocenters. The second kappa shape index (κ2) is 6.37. The van der Waals surface area contributed by atoms with Gasteiger partial charge in [-0.05, 0) is 19.1 Å². The first-order valence-electron chi connectivity index (χ1n) is 5.85. The Morgan fingerprint density at radius 1 is 1.52 bits per heavy atom. The standard InChI is InChI=1S/C12H12ClFN2O3S2/c1-7(12-15-2-3-20-12)16-21(18,19)9-4-8(6-17)11(13)10(14)5-9/h2-5,7,16-17H,6H2,1H3. The van der Waals surface area contributed by atoms with Gasteiger partial charge in [0.25, 0.3) is 0 Å². The number of thiazole rings is 1. The highest BCUT2D eigenvalue weighted by atomic mass is 35.5. The lowest BCUT2D eigenvalue weighted by Gasteiger charge is -2.13. The second-order valence-corrected chi connectivity index (χ2v) is 7.27. The Hall–Kier alpha value is -1.06. The van der Waals surface area contributed by atoms with Crippen LogP contribution >= 0.6 is 22.9 Å². The molecule has 0 radical (unpaired) electrons. The van der Waals surface area contributed by atoms with E-state index >= 15 is 0 Å². The molecule has 0 aliphatic carbocycles. The third-order valence-corrected chi connectivity index (χ3v) is 5.61. The van der Waals surface area contributed by atoms with Crippen molar-refractivity contribution in [3.8, 4) is 0 Å². The number of hydrogen-bond acceptors (Lipinski definition) is 5. The lowest BCUT2D eigenvalue weighted by molar-refractivity contribution is 0.281. The summed E-state index contributed by atoms with van der Waals surface area (Å²) in [6.07, 6.45) is 1.57. The van der Waals surface area contributed by atoms with Gasteiger partial charge in [-0.3, -0.25) is 0 Å². The maximum absolute atomic E-state index is 13.6. The summed E-state index contributed by atoms with van der Waals surface area (Å²) < 4.78 is 40.5. The Bertz CT molecular complexity index is 735. The molecule has 0 fully saturated rings. The van der Waals surface area contributed by atoms with E-state index in [0.29, 0.717) is 5.01 Å². The maximum atomic E-state index is 13.6. The Kier molecular flexibility index (Phi) is 4.95. The van der Waals surface area contributed by atoms with E-state index in [9.17, 15) is 12.8 Å². The molecule has 2 rings (SSSR count). The number of halogens is 2. The number of nitrogens with one attached hydrogen (secondary N) is 1. The second-order valence-electron chi connectivity index (χ2n) is 4.25. The van der Waals surface area contributed by atoms with Gasteiger partial charge in [0.2, 0.25) is 10.0 Å². The van der Waals surface area contributed by atoms with Crippen LogP contribution in [0, 0.1) is 5.82 Å². The van der Waals surface area contributed by atoms with Crippen molar-refractivity contribution in [3.63, 3.8) is 0 Å². The van der Waals surface area contributed by atoms with Crippen LogP contribution in [0.25, 0.3) is 0 Å². The van der Waals surface area contributed by atoms with Crippen LogP contribution in [0.1, 0.15) is 23.5 Å². The van der Waals surface area contributed by atoms with E-state index < -0.39 is 28.5 Å². The van der Waals surface area contributed by atoms with Crippen LogP contribution in [0.5, 0.6) is 0 Å². The van der Waals surface area contributed by atoms with Crippen molar-refractivity contribution in [3.05, 3.63) is 45.1 Å². The molecule has 1 heterocycles. The van der Waals surface area contributed by atoms with Gasteiger partial charge < -0.3 is 5.11 Å². The number of hydrogen-bond donors (Lipinski definition) is 2. The van der Waals surface area contributed by atoms with Gasteiger partial charge >= 0.3 is 0 Å². The highest BCUT2D eigenvalue weighted by Gasteiger charge is 2.22. The Morgan fingerprint density at radius 2 is 2.24 bits per heavy atom. The van der Waals surface area contributed by atoms with E-state index in [1.54, 1.807) is 18.5 Å². The molecule has 1 aromatic carbocycles. The quantitative estimate of drug-likeness (QED) is 0.868. The SMILES string of the molecule is CC(NS(=O)(=O)c1cc(F)c(Cl)c(CO)c1)c1nccs1.